The molecule has 2 aromatic carbocycles. The molecule has 0 bridgehead atoms. The van der Waals surface area contributed by atoms with E-state index in [-0.39, 0.29) is 56.1 Å². The number of hydrogen-bond donors (Lipinski definition) is 15. The number of thiol groups is 2. The number of aromatic amines is 2. The van der Waals surface area contributed by atoms with Gasteiger partial charge in [0.1, 0.15) is 48.3 Å². The lowest BCUT2D eigenvalue weighted by molar-refractivity contribution is -0.135. The smallest absolute Gasteiger partial charge is 0.244 e. The van der Waals surface area contributed by atoms with Crippen molar-refractivity contribution in [3.8, 4) is 0 Å². The molecule has 4 rings (SSSR count). The van der Waals surface area contributed by atoms with Gasteiger partial charge in [0.2, 0.25) is 53.2 Å². The summed E-state index contributed by atoms with van der Waals surface area (Å²) in [6, 6.07) is 5.86. The highest BCUT2D eigenvalue weighted by molar-refractivity contribution is 7.80. The highest BCUT2D eigenvalue weighted by Gasteiger charge is 2.34. The first-order chi connectivity index (χ1) is 34.3. The van der Waals surface area contributed by atoms with Crippen molar-refractivity contribution in [3.63, 3.8) is 0 Å². The van der Waals surface area contributed by atoms with E-state index in [0.717, 1.165) is 10.9 Å². The van der Waals surface area contributed by atoms with Gasteiger partial charge in [0.25, 0.3) is 0 Å². The van der Waals surface area contributed by atoms with Crippen molar-refractivity contribution < 1.29 is 43.2 Å². The van der Waals surface area contributed by atoms with Gasteiger partial charge in [0, 0.05) is 73.2 Å². The molecule has 0 aliphatic heterocycles. The summed E-state index contributed by atoms with van der Waals surface area (Å²) in [6.07, 6.45) is 4.24. The van der Waals surface area contributed by atoms with Crippen LogP contribution < -0.4 is 59.7 Å². The SMILES string of the molecule is CC(=O)N[C@@H](CS)C(=O)N[C@H](C)C(=O)N[C@@H](Cc1cnc[nH]1)C(=O)N[C@H](Cc1ccccc1)C(=O)N[C@@H](CCCN=C(N)N)C(=O)N[C@@H](Cc1c[nH]c2ccccc12)C(=O)N[C@@H](C)C(=O)N[C@@H](CS)C(N)=O. The van der Waals surface area contributed by atoms with Crippen molar-refractivity contribution in [3.05, 3.63) is 90.1 Å². The van der Waals surface area contributed by atoms with Crippen LogP contribution in [0.1, 0.15) is 50.4 Å². The minimum atomic E-state index is -1.38. The molecule has 26 heteroatoms. The Morgan fingerprint density at radius 3 is 1.68 bits per heavy atom. The average Bonchev–Trinajstić information content (AvgIpc) is 4.02. The normalized spacial score (nSPS) is 14.3. The summed E-state index contributed by atoms with van der Waals surface area (Å²) in [5, 5.41) is 21.6. The summed E-state index contributed by atoms with van der Waals surface area (Å²) in [7, 11) is 0. The molecule has 0 aliphatic rings. The molecule has 9 amide bonds. The van der Waals surface area contributed by atoms with Gasteiger partial charge in [-0.15, -0.1) is 0 Å². The van der Waals surface area contributed by atoms with E-state index in [9.17, 15) is 43.2 Å². The van der Waals surface area contributed by atoms with E-state index in [1.54, 1.807) is 42.6 Å². The van der Waals surface area contributed by atoms with Crippen LogP contribution in [-0.2, 0) is 62.4 Å². The van der Waals surface area contributed by atoms with Crippen molar-refractivity contribution in [2.24, 2.45) is 22.2 Å². The number of H-pyrrole nitrogens is 2. The molecule has 0 unspecified atom stereocenters. The molecule has 2 aromatic heterocycles. The van der Waals surface area contributed by atoms with Gasteiger partial charge in [-0.25, -0.2) is 4.98 Å². The number of aliphatic imine (C=N–C) groups is 1. The standard InChI is InChI=1S/C46H63N15O9S2/c1-24(55-45(70)37(22-72)56-26(3)62)39(64)58-35(18-29-20-50-23-53-29)44(69)59-33(16-27-10-5-4-6-11-27)43(68)57-32(14-9-15-51-46(48)49)41(66)60-34(17-28-19-52-31-13-8-7-12-30(28)31)42(67)54-25(2)40(65)61-36(21-71)38(47)63/h4-8,10-13,19-20,23-25,32-37,52,71-72H,9,14-18,21-22H2,1-3H3,(H2,47,63)(H,50,53)(H,54,67)(H,55,70)(H,56,62)(H,57,68)(H,58,64)(H,59,69)(H,60,66)(H,61,65)(H4,48,49,51)/t24-,25+,32+,33-,34+,35+,36+,37+/m1/s1. The lowest BCUT2D eigenvalue weighted by atomic mass is 10.0. The van der Waals surface area contributed by atoms with E-state index < -0.39 is 101 Å². The third-order valence-electron chi connectivity index (χ3n) is 11.1. The lowest BCUT2D eigenvalue weighted by Crippen LogP contribution is -2.60. The number of carbonyl (C=O) groups is 9. The van der Waals surface area contributed by atoms with E-state index in [1.165, 1.54) is 33.3 Å². The minimum absolute atomic E-state index is 0.0486. The molecule has 0 saturated carbocycles. The molecule has 0 radical (unpaired) electrons. The van der Waals surface area contributed by atoms with Gasteiger partial charge in [0.05, 0.1) is 6.33 Å². The van der Waals surface area contributed by atoms with Gasteiger partial charge >= 0.3 is 0 Å². The Morgan fingerprint density at radius 2 is 1.11 bits per heavy atom. The Bertz CT molecular complexity index is 2540. The number of amides is 9. The fourth-order valence-corrected chi connectivity index (χ4v) is 7.73. The van der Waals surface area contributed by atoms with Crippen molar-refractivity contribution in [2.75, 3.05) is 18.1 Å². The molecular weight excluding hydrogens is 971 g/mol. The number of primary amides is 1. The van der Waals surface area contributed by atoms with Crippen molar-refractivity contribution in [1.82, 2.24) is 57.5 Å². The van der Waals surface area contributed by atoms with E-state index in [2.05, 4.69) is 87.7 Å². The number of nitrogens with one attached hydrogen (secondary N) is 10. The second-order valence-electron chi connectivity index (χ2n) is 16.8. The fourth-order valence-electron chi connectivity index (χ4n) is 7.20. The van der Waals surface area contributed by atoms with Gasteiger partial charge in [-0.05, 0) is 43.9 Å². The number of nitrogens with two attached hydrogens (primary N) is 3. The summed E-state index contributed by atoms with van der Waals surface area (Å²) in [6.45, 7) is 4.03. The van der Waals surface area contributed by atoms with Gasteiger partial charge in [-0.1, -0.05) is 48.5 Å². The Hall–Kier alpha value is -7.61. The zero-order valence-corrected chi connectivity index (χ0v) is 41.7. The van der Waals surface area contributed by atoms with Crippen LogP contribution in [-0.4, -0.2) is 140 Å². The van der Waals surface area contributed by atoms with Crippen LogP contribution in [0.25, 0.3) is 10.9 Å². The number of hydrogen-bond acceptors (Lipinski definition) is 13. The molecular formula is C46H63N15O9S2. The highest BCUT2D eigenvalue weighted by atomic mass is 32.1. The van der Waals surface area contributed by atoms with Crippen LogP contribution in [0.3, 0.4) is 0 Å². The molecule has 72 heavy (non-hydrogen) atoms. The largest absolute Gasteiger partial charge is 0.370 e. The molecule has 24 nitrogen and oxygen atoms in total. The van der Waals surface area contributed by atoms with E-state index in [1.807, 2.05) is 18.2 Å². The Kier molecular flexibility index (Phi) is 22.4. The Morgan fingerprint density at radius 1 is 0.597 bits per heavy atom. The van der Waals surface area contributed by atoms with Gasteiger partial charge in [-0.2, -0.15) is 25.3 Å². The summed E-state index contributed by atoms with van der Waals surface area (Å²) < 4.78 is 0. The molecule has 2 heterocycles. The van der Waals surface area contributed by atoms with Crippen LogP contribution in [0, 0.1) is 0 Å². The van der Waals surface area contributed by atoms with Crippen LogP contribution in [0.2, 0.25) is 0 Å². The maximum atomic E-state index is 14.6. The van der Waals surface area contributed by atoms with Gasteiger partial charge < -0.3 is 69.7 Å². The van der Waals surface area contributed by atoms with E-state index in [4.69, 9.17) is 17.2 Å². The number of benzene rings is 2. The van der Waals surface area contributed by atoms with Crippen LogP contribution in [0.5, 0.6) is 0 Å². The van der Waals surface area contributed by atoms with Crippen LogP contribution in [0.15, 0.2) is 78.3 Å². The zero-order valence-electron chi connectivity index (χ0n) is 39.9. The molecule has 8 atom stereocenters. The summed E-state index contributed by atoms with van der Waals surface area (Å²) >= 11 is 8.17. The summed E-state index contributed by atoms with van der Waals surface area (Å²) in [5.74, 6) is -7.17. The third-order valence-corrected chi connectivity index (χ3v) is 11.8. The monoisotopic (exact) mass is 1030 g/mol. The average molecular weight is 1030 g/mol. The number of imidazole rings is 1. The molecule has 0 saturated heterocycles. The molecule has 0 aliphatic carbocycles. The number of guanidine groups is 1. The van der Waals surface area contributed by atoms with Crippen LogP contribution >= 0.6 is 25.3 Å². The lowest BCUT2D eigenvalue weighted by Gasteiger charge is -2.27. The first-order valence-electron chi connectivity index (χ1n) is 22.8. The third kappa shape index (κ3) is 18.0. The first kappa shape index (κ1) is 57.0. The predicted octanol–water partition coefficient (Wildman–Crippen LogP) is -2.74. The minimum Gasteiger partial charge on any atom is -0.370 e. The summed E-state index contributed by atoms with van der Waals surface area (Å²) in [5.41, 5.74) is 18.9. The predicted molar refractivity (Wildman–Crippen MR) is 274 cm³/mol. The van der Waals surface area contributed by atoms with Crippen molar-refractivity contribution in [2.45, 2.75) is 101 Å². The van der Waals surface area contributed by atoms with E-state index in [0.29, 0.717) is 16.8 Å². The quantitative estimate of drug-likeness (QED) is 0.0119. The Labute approximate surface area is 426 Å². The van der Waals surface area contributed by atoms with E-state index >= 15 is 0 Å². The first-order valence-corrected chi connectivity index (χ1v) is 24.1. The van der Waals surface area contributed by atoms with Gasteiger partial charge in [0.15, 0.2) is 5.96 Å². The number of nitrogens with zero attached hydrogens (tertiary/aromatic N) is 2. The Balaban J connectivity index is 1.64. The van der Waals surface area contributed by atoms with Crippen molar-refractivity contribution >= 4 is 95.3 Å². The number of aromatic nitrogens is 3. The summed E-state index contributed by atoms with van der Waals surface area (Å²) in [4.78, 5) is 135. The van der Waals surface area contributed by atoms with Crippen molar-refractivity contribution in [1.29, 1.82) is 0 Å². The number of rotatable bonds is 28. The molecule has 0 spiro atoms. The maximum absolute atomic E-state index is 14.6. The number of para-hydroxylation sites is 1. The molecule has 4 aromatic rings. The van der Waals surface area contributed by atoms with Gasteiger partial charge in [-0.3, -0.25) is 48.1 Å². The maximum Gasteiger partial charge on any atom is 0.244 e. The van der Waals surface area contributed by atoms with Crippen LogP contribution in [0.4, 0.5) is 0 Å². The molecule has 0 fully saturated rings. The number of carbonyl (C=O) groups excluding carboxylic acids is 9. The molecule has 388 valence electrons. The highest BCUT2D eigenvalue weighted by Crippen LogP contribution is 2.20. The fraction of sp³-hybridized carbons (Fsp3) is 0.413. The topological polar surface area (TPSA) is 385 Å². The zero-order chi connectivity index (χ0) is 52.9. The molecule has 16 N–H and O–H groups in total. The second-order valence-corrected chi connectivity index (χ2v) is 17.5. The second kappa shape index (κ2) is 28.3. The number of fused-ring (bicyclic) bond motifs is 1.